The number of hydrogen-bond donors (Lipinski definition) is 3. The number of carbonyl (C=O) groups excluding carboxylic acids is 1. The second kappa shape index (κ2) is 5.66. The summed E-state index contributed by atoms with van der Waals surface area (Å²) in [6, 6.07) is 3.69. The number of nitrogens with zero attached hydrogens (tertiary/aromatic N) is 1. The summed E-state index contributed by atoms with van der Waals surface area (Å²) in [4.78, 5) is 12.4. The highest BCUT2D eigenvalue weighted by Gasteiger charge is 2.45. The number of anilines is 1. The monoisotopic (exact) mass is 299 g/mol. The van der Waals surface area contributed by atoms with E-state index in [0.717, 1.165) is 18.9 Å². The van der Waals surface area contributed by atoms with Crippen LogP contribution in [0.1, 0.15) is 25.7 Å². The van der Waals surface area contributed by atoms with Crippen molar-refractivity contribution in [3.63, 3.8) is 0 Å². The largest absolute Gasteiger partial charge is 0.409 e. The molecule has 1 aromatic carbocycles. The van der Waals surface area contributed by atoms with Gasteiger partial charge in [-0.2, -0.15) is 0 Å². The highest BCUT2D eigenvalue weighted by atomic mass is 35.5. The van der Waals surface area contributed by atoms with Crippen molar-refractivity contribution >= 4 is 29.0 Å². The van der Waals surface area contributed by atoms with Crippen LogP contribution in [0.3, 0.4) is 0 Å². The highest BCUT2D eigenvalue weighted by molar-refractivity contribution is 6.34. The van der Waals surface area contributed by atoms with Gasteiger partial charge in [-0.05, 0) is 31.0 Å². The van der Waals surface area contributed by atoms with Crippen molar-refractivity contribution in [2.24, 2.45) is 16.3 Å². The lowest BCUT2D eigenvalue weighted by Gasteiger charge is -2.26. The summed E-state index contributed by atoms with van der Waals surface area (Å²) in [5.41, 5.74) is 4.79. The number of carbonyl (C=O) groups is 1. The molecule has 0 unspecified atom stereocenters. The first-order valence-corrected chi connectivity index (χ1v) is 6.62. The van der Waals surface area contributed by atoms with E-state index < -0.39 is 17.1 Å². The third-order valence-electron chi connectivity index (χ3n) is 3.67. The van der Waals surface area contributed by atoms with Crippen LogP contribution in [0.25, 0.3) is 0 Å². The van der Waals surface area contributed by atoms with Crippen molar-refractivity contribution in [2.75, 3.05) is 5.32 Å². The second-order valence-electron chi connectivity index (χ2n) is 4.85. The van der Waals surface area contributed by atoms with Crippen LogP contribution in [0.15, 0.2) is 23.4 Å². The number of nitrogens with one attached hydrogen (secondary N) is 1. The van der Waals surface area contributed by atoms with Gasteiger partial charge in [-0.1, -0.05) is 29.6 Å². The van der Waals surface area contributed by atoms with Crippen LogP contribution in [0.2, 0.25) is 5.02 Å². The van der Waals surface area contributed by atoms with Gasteiger partial charge in [0.2, 0.25) is 5.91 Å². The summed E-state index contributed by atoms with van der Waals surface area (Å²) in [5.74, 6) is -1.06. The Hall–Kier alpha value is -1.82. The Morgan fingerprint density at radius 1 is 1.45 bits per heavy atom. The number of nitrogens with two attached hydrogens (primary N) is 1. The molecule has 7 heteroatoms. The molecule has 1 aliphatic rings. The molecule has 0 bridgehead atoms. The van der Waals surface area contributed by atoms with Crippen LogP contribution >= 0.6 is 11.6 Å². The van der Waals surface area contributed by atoms with E-state index in [4.69, 9.17) is 22.5 Å². The predicted octanol–water partition coefficient (Wildman–Crippen LogP) is 2.72. The fourth-order valence-electron chi connectivity index (χ4n) is 2.51. The number of amides is 1. The molecule has 0 aliphatic heterocycles. The Morgan fingerprint density at radius 2 is 2.10 bits per heavy atom. The molecule has 0 saturated heterocycles. The summed E-state index contributed by atoms with van der Waals surface area (Å²) in [7, 11) is 0. The molecule has 5 nitrogen and oxygen atoms in total. The summed E-state index contributed by atoms with van der Waals surface area (Å²) in [6.07, 6.45) is 2.59. The first-order chi connectivity index (χ1) is 9.49. The molecule has 0 heterocycles. The van der Waals surface area contributed by atoms with Crippen molar-refractivity contribution in [1.29, 1.82) is 0 Å². The van der Waals surface area contributed by atoms with Crippen LogP contribution in [0.4, 0.5) is 10.1 Å². The molecule has 108 valence electrons. The highest BCUT2D eigenvalue weighted by Crippen LogP contribution is 2.40. The first-order valence-electron chi connectivity index (χ1n) is 6.24. The molecule has 1 aromatic rings. The van der Waals surface area contributed by atoms with Crippen molar-refractivity contribution in [2.45, 2.75) is 25.7 Å². The van der Waals surface area contributed by atoms with E-state index in [1.165, 1.54) is 12.1 Å². The van der Waals surface area contributed by atoms with E-state index in [-0.39, 0.29) is 16.5 Å². The third kappa shape index (κ3) is 2.56. The summed E-state index contributed by atoms with van der Waals surface area (Å²) in [6.45, 7) is 0. The molecule has 0 radical (unpaired) electrons. The topological polar surface area (TPSA) is 87.7 Å². The van der Waals surface area contributed by atoms with E-state index in [0.29, 0.717) is 12.8 Å². The van der Waals surface area contributed by atoms with E-state index in [9.17, 15) is 9.18 Å². The lowest BCUT2D eigenvalue weighted by atomic mass is 9.83. The van der Waals surface area contributed by atoms with Crippen LogP contribution in [-0.2, 0) is 4.79 Å². The number of rotatable bonds is 3. The average molecular weight is 300 g/mol. The molecule has 20 heavy (non-hydrogen) atoms. The van der Waals surface area contributed by atoms with E-state index >= 15 is 0 Å². The Kier molecular flexibility index (Phi) is 4.13. The predicted molar refractivity (Wildman–Crippen MR) is 74.3 cm³/mol. The van der Waals surface area contributed by atoms with Gasteiger partial charge in [-0.15, -0.1) is 0 Å². The van der Waals surface area contributed by atoms with Gasteiger partial charge in [0.1, 0.15) is 11.2 Å². The Morgan fingerprint density at radius 3 is 2.70 bits per heavy atom. The zero-order chi connectivity index (χ0) is 14.8. The van der Waals surface area contributed by atoms with Crippen molar-refractivity contribution in [3.05, 3.63) is 29.0 Å². The quantitative estimate of drug-likeness (QED) is 0.347. The molecule has 0 atom stereocenters. The van der Waals surface area contributed by atoms with Gasteiger partial charge < -0.3 is 16.3 Å². The Labute approximate surface area is 120 Å². The average Bonchev–Trinajstić information content (AvgIpc) is 2.92. The number of halogens is 2. The van der Waals surface area contributed by atoms with Gasteiger partial charge in [-0.25, -0.2) is 4.39 Å². The fourth-order valence-corrected chi connectivity index (χ4v) is 2.67. The van der Waals surface area contributed by atoms with E-state index in [1.54, 1.807) is 0 Å². The maximum atomic E-state index is 13.2. The molecular formula is C13H15ClFN3O2. The molecule has 2 rings (SSSR count). The SMILES string of the molecule is N/C(=N/O)C1(C(=O)Nc2cc(F)ccc2Cl)CCCC1. The third-order valence-corrected chi connectivity index (χ3v) is 4.00. The van der Waals surface area contributed by atoms with Crippen LogP contribution in [-0.4, -0.2) is 17.0 Å². The minimum Gasteiger partial charge on any atom is -0.409 e. The first kappa shape index (κ1) is 14.6. The van der Waals surface area contributed by atoms with Crippen LogP contribution in [0.5, 0.6) is 0 Å². The van der Waals surface area contributed by atoms with Gasteiger partial charge >= 0.3 is 0 Å². The van der Waals surface area contributed by atoms with Gasteiger partial charge in [0.15, 0.2) is 5.84 Å². The van der Waals surface area contributed by atoms with Crippen LogP contribution < -0.4 is 11.1 Å². The lowest BCUT2D eigenvalue weighted by Crippen LogP contribution is -2.45. The van der Waals surface area contributed by atoms with E-state index in [1.807, 2.05) is 0 Å². The molecule has 1 fully saturated rings. The van der Waals surface area contributed by atoms with E-state index in [2.05, 4.69) is 10.5 Å². The maximum absolute atomic E-state index is 13.2. The Balaban J connectivity index is 2.28. The van der Waals surface area contributed by atoms with Crippen molar-refractivity contribution in [1.82, 2.24) is 0 Å². The summed E-state index contributed by atoms with van der Waals surface area (Å²) < 4.78 is 13.2. The molecule has 1 aliphatic carbocycles. The van der Waals surface area contributed by atoms with Gasteiger partial charge in [0.05, 0.1) is 10.7 Å². The van der Waals surface area contributed by atoms with Gasteiger partial charge in [0, 0.05) is 0 Å². The van der Waals surface area contributed by atoms with Gasteiger partial charge in [-0.3, -0.25) is 4.79 Å². The fraction of sp³-hybridized carbons (Fsp3) is 0.385. The molecule has 1 saturated carbocycles. The molecule has 4 N–H and O–H groups in total. The van der Waals surface area contributed by atoms with Crippen LogP contribution in [0, 0.1) is 11.2 Å². The number of amidine groups is 1. The zero-order valence-electron chi connectivity index (χ0n) is 10.7. The zero-order valence-corrected chi connectivity index (χ0v) is 11.5. The standard InChI is InChI=1S/C13H15ClFN3O2/c14-9-4-3-8(15)7-10(9)17-12(19)13(11(16)18-20)5-1-2-6-13/h3-4,7,20H,1-2,5-6H2,(H2,16,18)(H,17,19). The smallest absolute Gasteiger partial charge is 0.238 e. The maximum Gasteiger partial charge on any atom is 0.238 e. The van der Waals surface area contributed by atoms with Crippen molar-refractivity contribution < 1.29 is 14.4 Å². The molecule has 0 spiro atoms. The molecule has 0 aromatic heterocycles. The Bertz CT molecular complexity index is 557. The summed E-state index contributed by atoms with van der Waals surface area (Å²) in [5, 5.41) is 14.6. The number of oxime groups is 1. The number of benzene rings is 1. The summed E-state index contributed by atoms with van der Waals surface area (Å²) >= 11 is 5.91. The number of hydrogen-bond acceptors (Lipinski definition) is 3. The second-order valence-corrected chi connectivity index (χ2v) is 5.26. The molecule has 1 amide bonds. The van der Waals surface area contributed by atoms with Crippen molar-refractivity contribution in [3.8, 4) is 0 Å². The van der Waals surface area contributed by atoms with Gasteiger partial charge in [0.25, 0.3) is 0 Å². The minimum atomic E-state index is -1.05. The molecular weight excluding hydrogens is 285 g/mol. The lowest BCUT2D eigenvalue weighted by molar-refractivity contribution is -0.122. The normalized spacial score (nSPS) is 18.0. The minimum absolute atomic E-state index is 0.125.